The summed E-state index contributed by atoms with van der Waals surface area (Å²) in [5.41, 5.74) is 10.2. The van der Waals surface area contributed by atoms with Crippen molar-refractivity contribution >= 4 is 11.8 Å². The summed E-state index contributed by atoms with van der Waals surface area (Å²) >= 11 is 1.73. The summed E-state index contributed by atoms with van der Waals surface area (Å²) in [6.07, 6.45) is 3.33. The number of benzene rings is 1. The minimum atomic E-state index is -0.0792. The number of aryl methyl sites for hydroxylation is 2. The van der Waals surface area contributed by atoms with Gasteiger partial charge in [0.25, 0.3) is 0 Å². The van der Waals surface area contributed by atoms with Crippen molar-refractivity contribution in [3.05, 3.63) is 40.7 Å². The maximum Gasteiger partial charge on any atom is 0.191 e. The highest BCUT2D eigenvalue weighted by molar-refractivity contribution is 7.98. The fourth-order valence-corrected chi connectivity index (χ4v) is 4.21. The van der Waals surface area contributed by atoms with Gasteiger partial charge in [0, 0.05) is 12.4 Å². The summed E-state index contributed by atoms with van der Waals surface area (Å²) in [5.74, 6) is 1.76. The topological polar surface area (TPSA) is 66.0 Å². The summed E-state index contributed by atoms with van der Waals surface area (Å²) in [5, 5.41) is 9.75. The van der Waals surface area contributed by atoms with Gasteiger partial charge in [-0.25, -0.2) is 0 Å². The first-order chi connectivity index (χ1) is 12.1. The van der Waals surface area contributed by atoms with E-state index in [0.717, 1.165) is 49.1 Å². The van der Waals surface area contributed by atoms with Crippen LogP contribution >= 0.6 is 11.8 Å². The summed E-state index contributed by atoms with van der Waals surface area (Å²) in [7, 11) is 0. The van der Waals surface area contributed by atoms with E-state index in [1.807, 2.05) is 0 Å². The van der Waals surface area contributed by atoms with Gasteiger partial charge < -0.3 is 15.0 Å². The molecule has 1 aromatic carbocycles. The Morgan fingerprint density at radius 3 is 2.68 bits per heavy atom. The number of thioether (sulfide) groups is 1. The molecule has 0 aliphatic carbocycles. The van der Waals surface area contributed by atoms with E-state index in [2.05, 4.69) is 53.7 Å². The molecule has 5 nitrogen and oxygen atoms in total. The van der Waals surface area contributed by atoms with Crippen molar-refractivity contribution in [2.75, 3.05) is 6.61 Å². The standard InChI is InChI=1S/C19H28N4OS/c1-4-17(20)18-21-22-19(23(18)11-16-6-5-7-24-16)25-12-15-9-13(2)8-14(3)10-15/h8-10,16-17H,4-7,11-12,20H2,1-3H3. The maximum absolute atomic E-state index is 6.26. The number of hydrogen-bond acceptors (Lipinski definition) is 5. The zero-order valence-corrected chi connectivity index (χ0v) is 16.2. The van der Waals surface area contributed by atoms with E-state index in [0.29, 0.717) is 0 Å². The molecule has 25 heavy (non-hydrogen) atoms. The fourth-order valence-electron chi connectivity index (χ4n) is 3.33. The Hall–Kier alpha value is -1.37. The van der Waals surface area contributed by atoms with E-state index in [1.165, 1.54) is 16.7 Å². The van der Waals surface area contributed by atoms with Crippen LogP contribution < -0.4 is 5.73 Å². The lowest BCUT2D eigenvalue weighted by Crippen LogP contribution is -2.22. The largest absolute Gasteiger partial charge is 0.376 e. The van der Waals surface area contributed by atoms with Gasteiger partial charge in [-0.05, 0) is 38.7 Å². The molecule has 2 atom stereocenters. The van der Waals surface area contributed by atoms with Crippen LogP contribution in [0.3, 0.4) is 0 Å². The average Bonchev–Trinajstić information content (AvgIpc) is 3.22. The van der Waals surface area contributed by atoms with Gasteiger partial charge in [-0.1, -0.05) is 48.0 Å². The molecule has 0 saturated carbocycles. The average molecular weight is 361 g/mol. The van der Waals surface area contributed by atoms with Crippen LogP contribution in [0.15, 0.2) is 23.4 Å². The smallest absolute Gasteiger partial charge is 0.191 e. The van der Waals surface area contributed by atoms with Crippen LogP contribution in [0.4, 0.5) is 0 Å². The Morgan fingerprint density at radius 2 is 2.04 bits per heavy atom. The number of aromatic nitrogens is 3. The number of nitrogens with two attached hydrogens (primary N) is 1. The Morgan fingerprint density at radius 1 is 1.28 bits per heavy atom. The number of hydrogen-bond donors (Lipinski definition) is 1. The van der Waals surface area contributed by atoms with E-state index < -0.39 is 0 Å². The molecular weight excluding hydrogens is 332 g/mol. The first-order valence-corrected chi connectivity index (χ1v) is 10.1. The lowest BCUT2D eigenvalue weighted by atomic mass is 10.1. The van der Waals surface area contributed by atoms with Gasteiger partial charge in [0.15, 0.2) is 11.0 Å². The molecule has 1 fully saturated rings. The molecule has 2 aromatic rings. The van der Waals surface area contributed by atoms with Gasteiger partial charge in [-0.3, -0.25) is 0 Å². The van der Waals surface area contributed by atoms with Crippen molar-refractivity contribution in [3.8, 4) is 0 Å². The summed E-state index contributed by atoms with van der Waals surface area (Å²) in [6, 6.07) is 6.59. The first kappa shape index (κ1) is 18.4. The Balaban J connectivity index is 1.78. The van der Waals surface area contributed by atoms with Gasteiger partial charge in [0.1, 0.15) is 0 Å². The second-order valence-corrected chi connectivity index (χ2v) is 7.83. The summed E-state index contributed by atoms with van der Waals surface area (Å²) in [4.78, 5) is 0. The van der Waals surface area contributed by atoms with Crippen LogP contribution in [-0.2, 0) is 17.0 Å². The Bertz CT molecular complexity index is 689. The number of nitrogens with zero attached hydrogens (tertiary/aromatic N) is 3. The molecule has 0 radical (unpaired) electrons. The minimum Gasteiger partial charge on any atom is -0.376 e. The van der Waals surface area contributed by atoms with Gasteiger partial charge >= 0.3 is 0 Å². The zero-order chi connectivity index (χ0) is 17.8. The van der Waals surface area contributed by atoms with Crippen molar-refractivity contribution in [2.45, 2.75) is 69.6 Å². The van der Waals surface area contributed by atoms with Crippen LogP contribution in [0.25, 0.3) is 0 Å². The maximum atomic E-state index is 6.26. The molecule has 0 amide bonds. The molecule has 0 bridgehead atoms. The molecule has 2 unspecified atom stereocenters. The summed E-state index contributed by atoms with van der Waals surface area (Å²) < 4.78 is 8.00. The van der Waals surface area contributed by atoms with Crippen LogP contribution in [0.1, 0.15) is 54.7 Å². The molecule has 1 aliphatic heterocycles. The minimum absolute atomic E-state index is 0.0792. The monoisotopic (exact) mass is 360 g/mol. The molecule has 2 N–H and O–H groups in total. The molecular formula is C19H28N4OS. The molecule has 2 heterocycles. The van der Waals surface area contributed by atoms with Crippen molar-refractivity contribution < 1.29 is 4.74 Å². The second kappa shape index (κ2) is 8.34. The van der Waals surface area contributed by atoms with Crippen molar-refractivity contribution in [1.82, 2.24) is 14.8 Å². The van der Waals surface area contributed by atoms with E-state index >= 15 is 0 Å². The van der Waals surface area contributed by atoms with E-state index in [4.69, 9.17) is 10.5 Å². The third-order valence-corrected chi connectivity index (χ3v) is 5.61. The van der Waals surface area contributed by atoms with Gasteiger partial charge in [-0.2, -0.15) is 0 Å². The molecule has 3 rings (SSSR count). The number of ether oxygens (including phenoxy) is 1. The van der Waals surface area contributed by atoms with Crippen LogP contribution in [-0.4, -0.2) is 27.5 Å². The SMILES string of the molecule is CCC(N)c1nnc(SCc2cc(C)cc(C)c2)n1CC1CCCO1. The number of rotatable bonds is 7. The predicted octanol–water partition coefficient (Wildman–Crippen LogP) is 3.78. The Kier molecular flexibility index (Phi) is 6.15. The third-order valence-electron chi connectivity index (χ3n) is 4.58. The lowest BCUT2D eigenvalue weighted by Gasteiger charge is -2.17. The highest BCUT2D eigenvalue weighted by atomic mass is 32.2. The van der Waals surface area contributed by atoms with Crippen LogP contribution in [0.5, 0.6) is 0 Å². The molecule has 136 valence electrons. The molecule has 1 aromatic heterocycles. The predicted molar refractivity (Wildman–Crippen MR) is 102 cm³/mol. The van der Waals surface area contributed by atoms with Crippen molar-refractivity contribution in [2.24, 2.45) is 5.73 Å². The lowest BCUT2D eigenvalue weighted by molar-refractivity contribution is 0.0938. The fraction of sp³-hybridized carbons (Fsp3) is 0.579. The zero-order valence-electron chi connectivity index (χ0n) is 15.4. The van der Waals surface area contributed by atoms with E-state index in [9.17, 15) is 0 Å². The van der Waals surface area contributed by atoms with Crippen molar-refractivity contribution in [3.63, 3.8) is 0 Å². The van der Waals surface area contributed by atoms with Crippen LogP contribution in [0.2, 0.25) is 0 Å². The molecule has 0 spiro atoms. The quantitative estimate of drug-likeness (QED) is 0.761. The van der Waals surface area contributed by atoms with Gasteiger partial charge in [0.05, 0.1) is 18.7 Å². The summed E-state index contributed by atoms with van der Waals surface area (Å²) in [6.45, 7) is 8.01. The molecule has 1 aliphatic rings. The molecule has 1 saturated heterocycles. The molecule has 6 heteroatoms. The Labute approximate surface area is 154 Å². The second-order valence-electron chi connectivity index (χ2n) is 6.89. The van der Waals surface area contributed by atoms with Gasteiger partial charge in [0.2, 0.25) is 0 Å². The highest BCUT2D eigenvalue weighted by Gasteiger charge is 2.23. The van der Waals surface area contributed by atoms with Crippen LogP contribution in [0, 0.1) is 13.8 Å². The first-order valence-electron chi connectivity index (χ1n) is 9.07. The van der Waals surface area contributed by atoms with Gasteiger partial charge in [-0.15, -0.1) is 10.2 Å². The van der Waals surface area contributed by atoms with E-state index in [-0.39, 0.29) is 12.1 Å². The third kappa shape index (κ3) is 4.63. The normalized spacial score (nSPS) is 18.6. The van der Waals surface area contributed by atoms with Crippen molar-refractivity contribution in [1.29, 1.82) is 0 Å². The van der Waals surface area contributed by atoms with E-state index in [1.54, 1.807) is 11.8 Å². The highest BCUT2D eigenvalue weighted by Crippen LogP contribution is 2.27.